The van der Waals surface area contributed by atoms with Crippen LogP contribution in [-0.4, -0.2) is 38.6 Å². The number of rotatable bonds is 7. The Bertz CT molecular complexity index is 661. The summed E-state index contributed by atoms with van der Waals surface area (Å²) in [5.74, 6) is 0.404. The van der Waals surface area contributed by atoms with E-state index < -0.39 is 0 Å². The molecule has 5 nitrogen and oxygen atoms in total. The van der Waals surface area contributed by atoms with Gasteiger partial charge in [0.15, 0.2) is 5.96 Å². The van der Waals surface area contributed by atoms with Crippen LogP contribution in [0, 0.1) is 0 Å². The monoisotopic (exact) mass is 454 g/mol. The summed E-state index contributed by atoms with van der Waals surface area (Å²) in [6.07, 6.45) is 0. The molecule has 0 saturated heterocycles. The lowest BCUT2D eigenvalue weighted by molar-refractivity contribution is 0.185. The van der Waals surface area contributed by atoms with Gasteiger partial charge in [-0.2, -0.15) is 0 Å². The number of likely N-dealkylation sites (N-methyl/N-ethyl adjacent to an activating group) is 1. The van der Waals surface area contributed by atoms with E-state index in [1.165, 1.54) is 5.56 Å². The minimum absolute atomic E-state index is 0. The number of aliphatic imine (C=N–C) groups is 1. The highest BCUT2D eigenvalue weighted by Gasteiger charge is 2.13. The maximum atomic E-state index is 6.08. The summed E-state index contributed by atoms with van der Waals surface area (Å²) in [4.78, 5) is 6.66. The average Bonchev–Trinajstić information content (AvgIpc) is 2.58. The second-order valence-corrected chi connectivity index (χ2v) is 5.83. The van der Waals surface area contributed by atoms with E-state index in [0.717, 1.165) is 11.3 Å². The van der Waals surface area contributed by atoms with Crippen LogP contribution >= 0.6 is 24.0 Å². The zero-order valence-corrected chi connectivity index (χ0v) is 17.3. The Morgan fingerprint density at radius 3 is 2.40 bits per heavy atom. The maximum absolute atomic E-state index is 6.08. The van der Waals surface area contributed by atoms with Gasteiger partial charge >= 0.3 is 0 Å². The van der Waals surface area contributed by atoms with Crippen LogP contribution in [0.3, 0.4) is 0 Å². The summed E-state index contributed by atoms with van der Waals surface area (Å²) in [7, 11) is 5.77. The van der Waals surface area contributed by atoms with Crippen LogP contribution < -0.4 is 11.1 Å². The number of anilines is 1. The van der Waals surface area contributed by atoms with Crippen molar-refractivity contribution in [2.24, 2.45) is 10.7 Å². The first kappa shape index (κ1) is 21.4. The Kier molecular flexibility index (Phi) is 9.48. The molecule has 0 aliphatic heterocycles. The van der Waals surface area contributed by atoms with Gasteiger partial charge in [0, 0.05) is 18.4 Å². The number of nitrogens with zero attached hydrogens (tertiary/aromatic N) is 2. The van der Waals surface area contributed by atoms with Crippen LogP contribution in [0.15, 0.2) is 59.6 Å². The molecule has 0 aliphatic rings. The van der Waals surface area contributed by atoms with Crippen LogP contribution in [0.5, 0.6) is 0 Å². The molecular weight excluding hydrogens is 427 g/mol. The molecule has 0 aromatic heterocycles. The number of nitrogens with two attached hydrogens (primary N) is 1. The number of hydrogen-bond acceptors (Lipinski definition) is 3. The van der Waals surface area contributed by atoms with Crippen LogP contribution in [0.25, 0.3) is 0 Å². The predicted octanol–water partition coefficient (Wildman–Crippen LogP) is 3.48. The number of nitrogens with one attached hydrogen (secondary N) is 1. The summed E-state index contributed by atoms with van der Waals surface area (Å²) >= 11 is 0. The van der Waals surface area contributed by atoms with Gasteiger partial charge in [-0.05, 0) is 25.7 Å². The lowest BCUT2D eigenvalue weighted by Gasteiger charge is -2.23. The van der Waals surface area contributed by atoms with Gasteiger partial charge in [0.1, 0.15) is 0 Å². The fraction of sp³-hybridized carbons (Fsp3) is 0.316. The molecule has 3 N–H and O–H groups in total. The van der Waals surface area contributed by atoms with E-state index in [9.17, 15) is 0 Å². The van der Waals surface area contributed by atoms with Crippen LogP contribution in [0.1, 0.15) is 17.2 Å². The molecule has 0 heterocycles. The molecule has 0 bridgehead atoms. The number of hydrogen-bond donors (Lipinski definition) is 2. The molecule has 0 spiro atoms. The van der Waals surface area contributed by atoms with Gasteiger partial charge in [-0.15, -0.1) is 24.0 Å². The van der Waals surface area contributed by atoms with E-state index in [1.807, 2.05) is 56.6 Å². The van der Waals surface area contributed by atoms with Crippen molar-refractivity contribution in [3.63, 3.8) is 0 Å². The van der Waals surface area contributed by atoms with Crippen LogP contribution in [0.4, 0.5) is 5.69 Å². The van der Waals surface area contributed by atoms with Gasteiger partial charge in [0.2, 0.25) is 0 Å². The normalized spacial score (nSPS) is 12.6. The van der Waals surface area contributed by atoms with E-state index in [1.54, 1.807) is 7.11 Å². The highest BCUT2D eigenvalue weighted by molar-refractivity contribution is 14.0. The lowest BCUT2D eigenvalue weighted by Crippen LogP contribution is -2.27. The largest absolute Gasteiger partial charge is 0.380 e. The van der Waals surface area contributed by atoms with Gasteiger partial charge in [0.05, 0.1) is 19.2 Å². The third kappa shape index (κ3) is 6.64. The molecule has 2 aromatic rings. The molecule has 0 radical (unpaired) electrons. The molecule has 1 unspecified atom stereocenters. The molecule has 25 heavy (non-hydrogen) atoms. The summed E-state index contributed by atoms with van der Waals surface area (Å²) in [6.45, 7) is 1.11. The van der Waals surface area contributed by atoms with Crippen molar-refractivity contribution < 1.29 is 4.74 Å². The number of halogens is 1. The van der Waals surface area contributed by atoms with Crippen LogP contribution in [-0.2, 0) is 11.3 Å². The number of methoxy groups -OCH3 is 1. The first-order chi connectivity index (χ1) is 11.6. The van der Waals surface area contributed by atoms with E-state index >= 15 is 0 Å². The van der Waals surface area contributed by atoms with Gasteiger partial charge < -0.3 is 20.7 Å². The van der Waals surface area contributed by atoms with Crippen LogP contribution in [0.2, 0.25) is 0 Å². The molecular formula is C19H27IN4O. The SMILES string of the molecule is COCc1ccccc1NC(N)=NCC(c1ccccc1)N(C)C.I. The van der Waals surface area contributed by atoms with Crippen molar-refractivity contribution >= 4 is 35.6 Å². The third-order valence-corrected chi connectivity index (χ3v) is 3.82. The maximum Gasteiger partial charge on any atom is 0.193 e. The Morgan fingerprint density at radius 2 is 1.76 bits per heavy atom. The van der Waals surface area contributed by atoms with E-state index in [4.69, 9.17) is 10.5 Å². The van der Waals surface area contributed by atoms with Crippen molar-refractivity contribution in [1.29, 1.82) is 0 Å². The Hall–Kier alpha value is -1.64. The topological polar surface area (TPSA) is 62.9 Å². The zero-order valence-electron chi connectivity index (χ0n) is 15.0. The zero-order chi connectivity index (χ0) is 17.4. The van der Waals surface area contributed by atoms with Gasteiger partial charge in [-0.3, -0.25) is 4.99 Å². The lowest BCUT2D eigenvalue weighted by atomic mass is 10.1. The first-order valence-corrected chi connectivity index (χ1v) is 7.97. The number of ether oxygens (including phenoxy) is 1. The Morgan fingerprint density at radius 1 is 1.12 bits per heavy atom. The second-order valence-electron chi connectivity index (χ2n) is 5.83. The van der Waals surface area contributed by atoms with E-state index in [-0.39, 0.29) is 30.0 Å². The van der Waals surface area contributed by atoms with E-state index in [0.29, 0.717) is 19.1 Å². The molecule has 0 aliphatic carbocycles. The molecule has 0 amide bonds. The summed E-state index contributed by atoms with van der Waals surface area (Å²) < 4.78 is 5.21. The Labute approximate surface area is 167 Å². The van der Waals surface area contributed by atoms with Crippen molar-refractivity contribution in [3.05, 3.63) is 65.7 Å². The summed E-state index contributed by atoms with van der Waals surface area (Å²) in [5, 5.41) is 3.17. The second kappa shape index (κ2) is 11.1. The molecule has 1 atom stereocenters. The smallest absolute Gasteiger partial charge is 0.193 e. The number of benzene rings is 2. The summed E-state index contributed by atoms with van der Waals surface area (Å²) in [6, 6.07) is 18.4. The van der Waals surface area contributed by atoms with Crippen molar-refractivity contribution in [1.82, 2.24) is 4.90 Å². The van der Waals surface area contributed by atoms with Gasteiger partial charge in [0.25, 0.3) is 0 Å². The summed E-state index contributed by atoms with van der Waals surface area (Å²) in [5.41, 5.74) is 9.26. The number of para-hydroxylation sites is 1. The average molecular weight is 454 g/mol. The minimum Gasteiger partial charge on any atom is -0.380 e. The minimum atomic E-state index is 0. The van der Waals surface area contributed by atoms with Crippen molar-refractivity contribution in [2.75, 3.05) is 33.1 Å². The van der Waals surface area contributed by atoms with Crippen molar-refractivity contribution in [3.8, 4) is 0 Å². The highest BCUT2D eigenvalue weighted by atomic mass is 127. The standard InChI is InChI=1S/C19H26N4O.HI/c1-23(2)18(15-9-5-4-6-10-15)13-21-19(20)22-17-12-8-7-11-16(17)14-24-3;/h4-12,18H,13-14H2,1-3H3,(H3,20,21,22);1H. The Balaban J connectivity index is 0.00000312. The quantitative estimate of drug-likeness (QED) is 0.382. The predicted molar refractivity (Wildman–Crippen MR) is 116 cm³/mol. The fourth-order valence-electron chi connectivity index (χ4n) is 2.53. The first-order valence-electron chi connectivity index (χ1n) is 7.97. The third-order valence-electron chi connectivity index (χ3n) is 3.82. The molecule has 0 fully saturated rings. The fourth-order valence-corrected chi connectivity index (χ4v) is 2.53. The highest BCUT2D eigenvalue weighted by Crippen LogP contribution is 2.19. The van der Waals surface area contributed by atoms with Gasteiger partial charge in [-0.25, -0.2) is 0 Å². The molecule has 136 valence electrons. The van der Waals surface area contributed by atoms with Crippen molar-refractivity contribution in [2.45, 2.75) is 12.6 Å². The molecule has 0 saturated carbocycles. The molecule has 6 heteroatoms. The molecule has 2 aromatic carbocycles. The molecule has 2 rings (SSSR count). The van der Waals surface area contributed by atoms with Gasteiger partial charge in [-0.1, -0.05) is 48.5 Å². The number of guanidine groups is 1. The van der Waals surface area contributed by atoms with E-state index in [2.05, 4.69) is 27.3 Å².